The average Bonchev–Trinajstić information content (AvgIpc) is 2.45. The Hall–Kier alpha value is -1.39. The standard InChI is InChI=1S/C6H10N2O3/c1-9-5-6(10-2)8(11-3)4-7-5/h4H,1-3H3. The van der Waals surface area contributed by atoms with Crippen LogP contribution >= 0.6 is 0 Å². The number of ether oxygens (including phenoxy) is 2. The van der Waals surface area contributed by atoms with Crippen molar-refractivity contribution in [3.63, 3.8) is 0 Å². The molecule has 0 N–H and O–H groups in total. The second-order valence-electron chi connectivity index (χ2n) is 1.77. The topological polar surface area (TPSA) is 45.5 Å². The van der Waals surface area contributed by atoms with Crippen LogP contribution in [-0.2, 0) is 0 Å². The Bertz CT molecular complexity index is 212. The van der Waals surface area contributed by atoms with Crippen LogP contribution in [-0.4, -0.2) is 31.0 Å². The Morgan fingerprint density at radius 3 is 2.45 bits per heavy atom. The third-order valence-electron chi connectivity index (χ3n) is 1.25. The molecule has 0 aliphatic heterocycles. The number of imidazole rings is 1. The lowest BCUT2D eigenvalue weighted by Crippen LogP contribution is -2.05. The predicted molar refractivity (Wildman–Crippen MR) is 37.8 cm³/mol. The van der Waals surface area contributed by atoms with Gasteiger partial charge in [0.1, 0.15) is 13.4 Å². The summed E-state index contributed by atoms with van der Waals surface area (Å²) in [4.78, 5) is 8.73. The van der Waals surface area contributed by atoms with E-state index in [1.54, 1.807) is 0 Å². The molecule has 0 radical (unpaired) electrons. The fourth-order valence-corrected chi connectivity index (χ4v) is 0.754. The first kappa shape index (κ1) is 7.71. The molecule has 0 saturated heterocycles. The molecule has 0 aromatic carbocycles. The van der Waals surface area contributed by atoms with Crippen molar-refractivity contribution in [2.45, 2.75) is 0 Å². The highest BCUT2D eigenvalue weighted by molar-refractivity contribution is 5.25. The van der Waals surface area contributed by atoms with E-state index in [4.69, 9.17) is 14.3 Å². The molecule has 0 amide bonds. The molecular formula is C6H10N2O3. The van der Waals surface area contributed by atoms with Crippen LogP contribution in [0.3, 0.4) is 0 Å². The third kappa shape index (κ3) is 1.21. The van der Waals surface area contributed by atoms with E-state index in [2.05, 4.69) is 4.98 Å². The molecule has 1 aromatic heterocycles. The molecule has 0 atom stereocenters. The Morgan fingerprint density at radius 1 is 1.27 bits per heavy atom. The maximum absolute atomic E-state index is 4.95. The van der Waals surface area contributed by atoms with E-state index in [1.807, 2.05) is 0 Å². The predicted octanol–water partition coefficient (Wildman–Crippen LogP) is -0.0413. The summed E-state index contributed by atoms with van der Waals surface area (Å²) < 4.78 is 11.2. The Morgan fingerprint density at radius 2 is 2.00 bits per heavy atom. The third-order valence-corrected chi connectivity index (χ3v) is 1.25. The maximum atomic E-state index is 4.95. The van der Waals surface area contributed by atoms with Crippen LogP contribution in [0.25, 0.3) is 0 Å². The first-order valence-electron chi connectivity index (χ1n) is 3.03. The quantitative estimate of drug-likeness (QED) is 0.619. The lowest BCUT2D eigenvalue weighted by Gasteiger charge is -2.04. The molecule has 0 bridgehead atoms. The van der Waals surface area contributed by atoms with E-state index in [-0.39, 0.29) is 0 Å². The number of hydrogen-bond donors (Lipinski definition) is 0. The van der Waals surface area contributed by atoms with Crippen molar-refractivity contribution >= 4 is 0 Å². The summed E-state index contributed by atoms with van der Waals surface area (Å²) in [5, 5.41) is 0. The molecule has 1 heterocycles. The lowest BCUT2D eigenvalue weighted by molar-refractivity contribution is 0.136. The zero-order chi connectivity index (χ0) is 8.27. The summed E-state index contributed by atoms with van der Waals surface area (Å²) in [6.45, 7) is 0. The van der Waals surface area contributed by atoms with Crippen LogP contribution in [0.4, 0.5) is 0 Å². The Labute approximate surface area is 64.5 Å². The lowest BCUT2D eigenvalue weighted by atomic mass is 10.8. The fraction of sp³-hybridized carbons (Fsp3) is 0.500. The van der Waals surface area contributed by atoms with E-state index in [1.165, 1.54) is 32.4 Å². The summed E-state index contributed by atoms with van der Waals surface area (Å²) in [7, 11) is 4.56. The first-order chi connectivity index (χ1) is 5.33. The highest BCUT2D eigenvalue weighted by Crippen LogP contribution is 2.22. The molecule has 0 fully saturated rings. The minimum Gasteiger partial charge on any atom is -0.477 e. The molecule has 62 valence electrons. The van der Waals surface area contributed by atoms with Crippen molar-refractivity contribution in [3.05, 3.63) is 6.33 Å². The van der Waals surface area contributed by atoms with Gasteiger partial charge in [-0.3, -0.25) is 0 Å². The van der Waals surface area contributed by atoms with Gasteiger partial charge in [0.25, 0.3) is 11.8 Å². The molecule has 5 nitrogen and oxygen atoms in total. The molecule has 5 heteroatoms. The van der Waals surface area contributed by atoms with Crippen molar-refractivity contribution in [1.82, 2.24) is 9.71 Å². The van der Waals surface area contributed by atoms with Gasteiger partial charge in [-0.2, -0.15) is 4.98 Å². The van der Waals surface area contributed by atoms with Crippen LogP contribution in [0, 0.1) is 0 Å². The molecule has 1 aromatic rings. The van der Waals surface area contributed by atoms with E-state index in [0.29, 0.717) is 11.8 Å². The van der Waals surface area contributed by atoms with Gasteiger partial charge in [0.15, 0.2) is 0 Å². The van der Waals surface area contributed by atoms with Crippen LogP contribution in [0.1, 0.15) is 0 Å². The van der Waals surface area contributed by atoms with Gasteiger partial charge in [0.2, 0.25) is 0 Å². The van der Waals surface area contributed by atoms with Crippen molar-refractivity contribution in [1.29, 1.82) is 0 Å². The SMILES string of the molecule is COc1ncn(OC)c1OC. The average molecular weight is 158 g/mol. The molecular weight excluding hydrogens is 148 g/mol. The second-order valence-corrected chi connectivity index (χ2v) is 1.77. The van der Waals surface area contributed by atoms with Gasteiger partial charge in [0.05, 0.1) is 14.2 Å². The van der Waals surface area contributed by atoms with Crippen LogP contribution in [0.2, 0.25) is 0 Å². The van der Waals surface area contributed by atoms with Crippen LogP contribution in [0.15, 0.2) is 6.33 Å². The highest BCUT2D eigenvalue weighted by Gasteiger charge is 2.11. The normalized spacial score (nSPS) is 9.36. The molecule has 0 aliphatic carbocycles. The van der Waals surface area contributed by atoms with Gasteiger partial charge in [-0.1, -0.05) is 0 Å². The summed E-state index contributed by atoms with van der Waals surface area (Å²) in [6, 6.07) is 0. The summed E-state index contributed by atoms with van der Waals surface area (Å²) in [5.74, 6) is 0.865. The van der Waals surface area contributed by atoms with Gasteiger partial charge in [-0.05, 0) is 0 Å². The number of rotatable bonds is 3. The molecule has 0 saturated carbocycles. The van der Waals surface area contributed by atoms with Crippen LogP contribution in [0.5, 0.6) is 11.8 Å². The smallest absolute Gasteiger partial charge is 0.292 e. The minimum atomic E-state index is 0.411. The van der Waals surface area contributed by atoms with Gasteiger partial charge in [-0.25, -0.2) is 0 Å². The first-order valence-corrected chi connectivity index (χ1v) is 3.03. The number of hydrogen-bond acceptors (Lipinski definition) is 4. The number of nitrogens with zero attached hydrogens (tertiary/aromatic N) is 2. The number of aromatic nitrogens is 2. The molecule has 0 unspecified atom stereocenters. The zero-order valence-electron chi connectivity index (χ0n) is 6.70. The summed E-state index contributed by atoms with van der Waals surface area (Å²) >= 11 is 0. The summed E-state index contributed by atoms with van der Waals surface area (Å²) in [6.07, 6.45) is 1.47. The molecule has 11 heavy (non-hydrogen) atoms. The van der Waals surface area contributed by atoms with Crippen LogP contribution < -0.4 is 14.3 Å². The molecule has 0 spiro atoms. The second kappa shape index (κ2) is 3.14. The Kier molecular flexibility index (Phi) is 2.20. The summed E-state index contributed by atoms with van der Waals surface area (Å²) in [5.41, 5.74) is 0. The van der Waals surface area contributed by atoms with Gasteiger partial charge in [0, 0.05) is 0 Å². The monoisotopic (exact) mass is 158 g/mol. The zero-order valence-corrected chi connectivity index (χ0v) is 6.70. The molecule has 0 aliphatic rings. The fourth-order valence-electron chi connectivity index (χ4n) is 0.754. The van der Waals surface area contributed by atoms with Gasteiger partial charge < -0.3 is 14.3 Å². The Balaban J connectivity index is 2.99. The van der Waals surface area contributed by atoms with Gasteiger partial charge in [-0.15, -0.1) is 4.73 Å². The van der Waals surface area contributed by atoms with Gasteiger partial charge >= 0.3 is 0 Å². The minimum absolute atomic E-state index is 0.411. The van der Waals surface area contributed by atoms with Crippen molar-refractivity contribution in [3.8, 4) is 11.8 Å². The van der Waals surface area contributed by atoms with Crippen molar-refractivity contribution < 1.29 is 14.3 Å². The van der Waals surface area contributed by atoms with Crippen molar-refractivity contribution in [2.75, 3.05) is 21.3 Å². The van der Waals surface area contributed by atoms with E-state index >= 15 is 0 Å². The van der Waals surface area contributed by atoms with E-state index in [9.17, 15) is 0 Å². The van der Waals surface area contributed by atoms with E-state index in [0.717, 1.165) is 0 Å². The van der Waals surface area contributed by atoms with E-state index < -0.39 is 0 Å². The molecule has 1 rings (SSSR count). The maximum Gasteiger partial charge on any atom is 0.292 e. The number of methoxy groups -OCH3 is 2. The van der Waals surface area contributed by atoms with Crippen molar-refractivity contribution in [2.24, 2.45) is 0 Å². The highest BCUT2D eigenvalue weighted by atomic mass is 16.7. The largest absolute Gasteiger partial charge is 0.477 e.